The lowest BCUT2D eigenvalue weighted by atomic mass is 10.0. The van der Waals surface area contributed by atoms with Crippen LogP contribution >= 0.6 is 23.2 Å². The summed E-state index contributed by atoms with van der Waals surface area (Å²) in [4.78, 5) is 31.7. The Morgan fingerprint density at radius 2 is 1.42 bits per heavy atom. The number of amides is 1. The molecule has 0 unspecified atom stereocenters. The summed E-state index contributed by atoms with van der Waals surface area (Å²) in [7, 11) is 0. The van der Waals surface area contributed by atoms with Crippen molar-refractivity contribution < 1.29 is 19.1 Å². The van der Waals surface area contributed by atoms with Gasteiger partial charge in [-0.05, 0) is 94.5 Å². The van der Waals surface area contributed by atoms with Crippen LogP contribution in [0, 0.1) is 0 Å². The number of hydrogen-bond donors (Lipinski definition) is 0. The number of allylic oxidation sites excluding steroid dienone is 10. The van der Waals surface area contributed by atoms with Crippen LogP contribution in [0.25, 0.3) is 0 Å². The van der Waals surface area contributed by atoms with Gasteiger partial charge in [0.2, 0.25) is 5.91 Å². The normalized spacial score (nSPS) is 15.4. The molecule has 0 aromatic heterocycles. The summed E-state index contributed by atoms with van der Waals surface area (Å²) in [6, 6.07) is 11.7. The number of benzene rings is 2. The number of carbonyl (C=O) groups is 2. The Morgan fingerprint density at radius 3 is 2.11 bits per heavy atom. The van der Waals surface area contributed by atoms with Gasteiger partial charge in [-0.15, -0.1) is 0 Å². The van der Waals surface area contributed by atoms with Crippen molar-refractivity contribution in [3.05, 3.63) is 113 Å². The largest absolute Gasteiger partial charge is 0.494 e. The third-order valence-electron chi connectivity index (χ3n) is 9.80. The Hall–Kier alpha value is -3.78. The molecule has 2 aliphatic heterocycles. The van der Waals surface area contributed by atoms with Crippen molar-refractivity contribution in [1.29, 1.82) is 0 Å². The molecule has 2 heterocycles. The van der Waals surface area contributed by atoms with E-state index in [0.717, 1.165) is 93.9 Å². The fourth-order valence-electron chi connectivity index (χ4n) is 6.57. The molecule has 0 aliphatic carbocycles. The van der Waals surface area contributed by atoms with Gasteiger partial charge in [-0.25, -0.2) is 0 Å². The second-order valence-electron chi connectivity index (χ2n) is 14.0. The van der Waals surface area contributed by atoms with Gasteiger partial charge in [0.1, 0.15) is 5.75 Å². The quantitative estimate of drug-likeness (QED) is 0.0600. The maximum atomic E-state index is 12.9. The highest BCUT2D eigenvalue weighted by Crippen LogP contribution is 2.33. The van der Waals surface area contributed by atoms with E-state index in [1.54, 1.807) is 4.90 Å². The molecule has 1 saturated heterocycles. The first-order valence-corrected chi connectivity index (χ1v) is 21.1. The van der Waals surface area contributed by atoms with E-state index in [0.29, 0.717) is 35.9 Å². The van der Waals surface area contributed by atoms with Crippen LogP contribution in [0.5, 0.6) is 5.75 Å². The average molecular weight is 791 g/mol. The van der Waals surface area contributed by atoms with Crippen LogP contribution in [-0.2, 0) is 20.7 Å². The fraction of sp³-hybridized carbons (Fsp3) is 0.478. The molecular weight excluding hydrogens is 729 g/mol. The number of halogens is 2. The Labute approximate surface area is 340 Å². The minimum Gasteiger partial charge on any atom is -0.494 e. The molecule has 1 fully saturated rings. The van der Waals surface area contributed by atoms with Crippen molar-refractivity contribution in [2.24, 2.45) is 0 Å². The van der Waals surface area contributed by atoms with Crippen molar-refractivity contribution >= 4 is 46.5 Å². The first kappa shape index (κ1) is 43.9. The smallest absolute Gasteiger partial charge is 0.307 e. The Kier molecular flexibility index (Phi) is 20.9. The van der Waals surface area contributed by atoms with E-state index in [1.807, 2.05) is 42.5 Å². The molecule has 0 saturated carbocycles. The van der Waals surface area contributed by atoms with E-state index in [4.69, 9.17) is 32.7 Å². The van der Waals surface area contributed by atoms with Crippen molar-refractivity contribution in [2.75, 3.05) is 55.9 Å². The highest BCUT2D eigenvalue weighted by Gasteiger charge is 2.26. The first-order valence-electron chi connectivity index (χ1n) is 20.3. The number of rotatable bonds is 24. The molecule has 2 aromatic carbocycles. The minimum absolute atomic E-state index is 0.0471. The lowest BCUT2D eigenvalue weighted by Crippen LogP contribution is -2.46. The van der Waals surface area contributed by atoms with Crippen LogP contribution in [0.3, 0.4) is 0 Å². The van der Waals surface area contributed by atoms with Gasteiger partial charge in [0.05, 0.1) is 28.0 Å². The van der Waals surface area contributed by atoms with Crippen LogP contribution in [0.15, 0.2) is 97.2 Å². The zero-order valence-corrected chi connectivity index (χ0v) is 34.3. The summed E-state index contributed by atoms with van der Waals surface area (Å²) >= 11 is 12.6. The molecule has 2 aliphatic rings. The number of carbonyl (C=O) groups excluding carboxylic acids is 2. The van der Waals surface area contributed by atoms with Crippen molar-refractivity contribution in [3.8, 4) is 5.75 Å². The first-order chi connectivity index (χ1) is 27.0. The van der Waals surface area contributed by atoms with Crippen LogP contribution < -0.4 is 14.5 Å². The van der Waals surface area contributed by atoms with Crippen molar-refractivity contribution in [2.45, 2.75) is 96.8 Å². The number of aryl methyl sites for hydroxylation is 1. The molecule has 1 amide bonds. The number of nitrogens with zero attached hydrogens (tertiary/aromatic N) is 3. The summed E-state index contributed by atoms with van der Waals surface area (Å²) in [5.41, 5.74) is 2.82. The number of fused-ring (bicyclic) bond motifs is 1. The number of esters is 1. The molecular formula is C46H61Cl2N3O4. The van der Waals surface area contributed by atoms with Crippen molar-refractivity contribution in [1.82, 2.24) is 4.90 Å². The predicted molar refractivity (Wildman–Crippen MR) is 231 cm³/mol. The molecule has 0 atom stereocenters. The zero-order chi connectivity index (χ0) is 38.9. The molecule has 4 rings (SSSR count). The molecule has 0 bridgehead atoms. The monoisotopic (exact) mass is 789 g/mol. The molecule has 9 heteroatoms. The highest BCUT2D eigenvalue weighted by molar-refractivity contribution is 6.43. The molecule has 0 spiro atoms. The second kappa shape index (κ2) is 26.1. The van der Waals surface area contributed by atoms with E-state index < -0.39 is 0 Å². The van der Waals surface area contributed by atoms with E-state index in [-0.39, 0.29) is 25.0 Å². The van der Waals surface area contributed by atoms with Gasteiger partial charge in [-0.2, -0.15) is 0 Å². The zero-order valence-electron chi connectivity index (χ0n) is 32.8. The van der Waals surface area contributed by atoms with E-state index >= 15 is 0 Å². The predicted octanol–water partition coefficient (Wildman–Crippen LogP) is 11.5. The number of piperazine rings is 1. The van der Waals surface area contributed by atoms with Gasteiger partial charge >= 0.3 is 5.97 Å². The van der Waals surface area contributed by atoms with Gasteiger partial charge in [0.15, 0.2) is 6.73 Å². The number of hydrogen-bond acceptors (Lipinski definition) is 6. The Balaban J connectivity index is 1.06. The van der Waals surface area contributed by atoms with Crippen LogP contribution in [0.2, 0.25) is 10.0 Å². The fourth-order valence-corrected chi connectivity index (χ4v) is 6.98. The molecule has 0 N–H and O–H groups in total. The van der Waals surface area contributed by atoms with Gasteiger partial charge in [-0.3, -0.25) is 19.4 Å². The third kappa shape index (κ3) is 16.5. The lowest BCUT2D eigenvalue weighted by Gasteiger charge is -2.36. The number of ether oxygens (including phenoxy) is 2. The standard InChI is InChI=1S/C46H61Cl2N3O4/c1-2-3-4-5-6-7-8-9-10-11-12-13-14-15-16-17-18-19-20-26-45(53)55-38-51-43-37-40(29-27-39(43)28-30-44(51)52)54-36-22-21-31-49-32-34-50(35-33-49)42-25-23-24-41(47)46(42)48/h6-7,9-10,12-13,15-16,18-19,23-25,27,29,37H,2-5,8,11,14,17,20-22,26,28,30-36,38H2,1H3/b7-6-,10-9-,13-12-,16-15-,19-18-. The summed E-state index contributed by atoms with van der Waals surface area (Å²) in [6.45, 7) is 7.55. The van der Waals surface area contributed by atoms with Crippen molar-refractivity contribution in [3.63, 3.8) is 0 Å². The summed E-state index contributed by atoms with van der Waals surface area (Å²) in [6.07, 6.45) is 34.4. The number of anilines is 2. The van der Waals surface area contributed by atoms with Crippen LogP contribution in [0.1, 0.15) is 96.0 Å². The molecule has 2 aromatic rings. The van der Waals surface area contributed by atoms with Crippen LogP contribution in [-0.4, -0.2) is 62.8 Å². The molecule has 7 nitrogen and oxygen atoms in total. The second-order valence-corrected chi connectivity index (χ2v) is 14.8. The molecule has 55 heavy (non-hydrogen) atoms. The van der Waals surface area contributed by atoms with Gasteiger partial charge in [0.25, 0.3) is 0 Å². The maximum absolute atomic E-state index is 12.9. The Morgan fingerprint density at radius 1 is 0.745 bits per heavy atom. The lowest BCUT2D eigenvalue weighted by molar-refractivity contribution is -0.144. The van der Waals surface area contributed by atoms with E-state index in [2.05, 4.69) is 71.4 Å². The third-order valence-corrected chi connectivity index (χ3v) is 10.6. The maximum Gasteiger partial charge on any atom is 0.307 e. The summed E-state index contributed by atoms with van der Waals surface area (Å²) in [5, 5.41) is 1.21. The molecule has 0 radical (unpaired) electrons. The summed E-state index contributed by atoms with van der Waals surface area (Å²) < 4.78 is 11.6. The minimum atomic E-state index is -0.315. The van der Waals surface area contributed by atoms with Gasteiger partial charge in [-0.1, -0.05) is 116 Å². The van der Waals surface area contributed by atoms with Gasteiger partial charge < -0.3 is 14.4 Å². The van der Waals surface area contributed by atoms with E-state index in [9.17, 15) is 9.59 Å². The van der Waals surface area contributed by atoms with Crippen LogP contribution in [0.4, 0.5) is 11.4 Å². The SMILES string of the molecule is CCCCC/C=C\C/C=C\C/C=C\C/C=C\C/C=C\CCC(=O)OCN1C(=O)CCc2ccc(OCCCCN3CCN(c4cccc(Cl)c4Cl)CC3)cc21. The van der Waals surface area contributed by atoms with E-state index in [1.165, 1.54) is 25.7 Å². The topological polar surface area (TPSA) is 62.3 Å². The van der Waals surface area contributed by atoms with Gasteiger partial charge in [0, 0.05) is 45.1 Å². The molecule has 298 valence electrons. The average Bonchev–Trinajstić information content (AvgIpc) is 3.19. The highest BCUT2D eigenvalue weighted by atomic mass is 35.5. The summed E-state index contributed by atoms with van der Waals surface area (Å²) in [5.74, 6) is 0.356. The number of unbranched alkanes of at least 4 members (excludes halogenated alkanes) is 4. The Bertz CT molecular complexity index is 1610.